The van der Waals surface area contributed by atoms with Crippen molar-refractivity contribution in [3.05, 3.63) is 35.1 Å². The zero-order valence-electron chi connectivity index (χ0n) is 11.9. The highest BCUT2D eigenvalue weighted by atomic mass is 32.2. The molecule has 2 N–H and O–H groups in total. The summed E-state index contributed by atoms with van der Waals surface area (Å²) in [7, 11) is 0. The number of amides is 1. The number of hydrogen-bond donors (Lipinski definition) is 2. The largest absolute Gasteiger partial charge is 0.384 e. The number of carbonyl (C=O) groups excluding carboxylic acids is 1. The first-order chi connectivity index (χ1) is 10.0. The lowest BCUT2D eigenvalue weighted by atomic mass is 10.1. The molecule has 0 spiro atoms. The van der Waals surface area contributed by atoms with Crippen LogP contribution in [-0.2, 0) is 0 Å². The lowest BCUT2D eigenvalue weighted by Gasteiger charge is -2.22. The number of aliphatic hydroxyl groups excluding tert-OH is 1. The first-order valence-electron chi connectivity index (χ1n) is 6.85. The average molecular weight is 307 g/mol. The van der Waals surface area contributed by atoms with Crippen LogP contribution in [0.5, 0.6) is 0 Å². The number of nitrogens with one attached hydrogen (secondary N) is 1. The topological polar surface area (TPSA) is 49.3 Å². The van der Waals surface area contributed by atoms with Crippen molar-refractivity contribution in [2.75, 3.05) is 18.9 Å². The van der Waals surface area contributed by atoms with Crippen molar-refractivity contribution >= 4 is 17.7 Å². The SMILES string of the molecule is CC1(CNC(=O)c2cc(C#CCO)ccc2F)CCCS1. The summed E-state index contributed by atoms with van der Waals surface area (Å²) in [5.74, 6) is 5.27. The molecular formula is C16H18FNO2S. The molecule has 1 aromatic carbocycles. The third-order valence-electron chi connectivity index (χ3n) is 3.45. The van der Waals surface area contributed by atoms with Gasteiger partial charge in [0.15, 0.2) is 0 Å². The van der Waals surface area contributed by atoms with E-state index in [0.29, 0.717) is 12.1 Å². The summed E-state index contributed by atoms with van der Waals surface area (Å²) in [5, 5.41) is 11.5. The molecular weight excluding hydrogens is 289 g/mol. The van der Waals surface area contributed by atoms with E-state index in [1.807, 2.05) is 11.8 Å². The van der Waals surface area contributed by atoms with Crippen molar-refractivity contribution in [3.63, 3.8) is 0 Å². The molecule has 1 heterocycles. The van der Waals surface area contributed by atoms with E-state index in [0.717, 1.165) is 18.6 Å². The van der Waals surface area contributed by atoms with Crippen LogP contribution in [-0.4, -0.2) is 34.7 Å². The van der Waals surface area contributed by atoms with Crippen molar-refractivity contribution in [1.82, 2.24) is 5.32 Å². The molecule has 1 atom stereocenters. The van der Waals surface area contributed by atoms with Crippen molar-refractivity contribution in [1.29, 1.82) is 0 Å². The minimum Gasteiger partial charge on any atom is -0.384 e. The molecule has 0 aliphatic carbocycles. The van der Waals surface area contributed by atoms with Gasteiger partial charge in [0.05, 0.1) is 5.56 Å². The highest BCUT2D eigenvalue weighted by Gasteiger charge is 2.30. The highest BCUT2D eigenvalue weighted by Crippen LogP contribution is 2.37. The number of carbonyl (C=O) groups is 1. The Bertz CT molecular complexity index is 586. The molecule has 1 aromatic rings. The van der Waals surface area contributed by atoms with Crippen LogP contribution < -0.4 is 5.32 Å². The van der Waals surface area contributed by atoms with Gasteiger partial charge in [0.25, 0.3) is 5.91 Å². The molecule has 5 heteroatoms. The number of hydrogen-bond acceptors (Lipinski definition) is 3. The van der Waals surface area contributed by atoms with Gasteiger partial charge in [-0.1, -0.05) is 11.8 Å². The van der Waals surface area contributed by atoms with Crippen LogP contribution in [0.3, 0.4) is 0 Å². The van der Waals surface area contributed by atoms with E-state index in [9.17, 15) is 9.18 Å². The van der Waals surface area contributed by atoms with E-state index in [1.165, 1.54) is 18.2 Å². The molecule has 21 heavy (non-hydrogen) atoms. The second-order valence-electron chi connectivity index (χ2n) is 5.24. The number of benzene rings is 1. The lowest BCUT2D eigenvalue weighted by molar-refractivity contribution is 0.0946. The fraction of sp³-hybridized carbons (Fsp3) is 0.438. The van der Waals surface area contributed by atoms with Crippen LogP contribution in [0.15, 0.2) is 18.2 Å². The summed E-state index contributed by atoms with van der Waals surface area (Å²) in [4.78, 5) is 12.1. The molecule has 112 valence electrons. The van der Waals surface area contributed by atoms with Crippen molar-refractivity contribution in [3.8, 4) is 11.8 Å². The summed E-state index contributed by atoms with van der Waals surface area (Å²) in [6, 6.07) is 4.13. The number of halogens is 1. The molecule has 1 aliphatic rings. The molecule has 0 saturated carbocycles. The van der Waals surface area contributed by atoms with Crippen LogP contribution in [0.4, 0.5) is 4.39 Å². The van der Waals surface area contributed by atoms with E-state index >= 15 is 0 Å². The minimum atomic E-state index is -0.564. The van der Waals surface area contributed by atoms with Crippen LogP contribution in [0.2, 0.25) is 0 Å². The maximum atomic E-state index is 13.8. The second-order valence-corrected chi connectivity index (χ2v) is 6.92. The number of aliphatic hydroxyl groups is 1. The average Bonchev–Trinajstić information content (AvgIpc) is 2.91. The standard InChI is InChI=1S/C16H18FNO2S/c1-16(7-3-9-21-16)11-18-15(20)13-10-12(4-2-8-19)5-6-14(13)17/h5-6,10,19H,3,7-9,11H2,1H3,(H,18,20). The van der Waals surface area contributed by atoms with E-state index in [1.54, 1.807) is 0 Å². The molecule has 1 unspecified atom stereocenters. The third kappa shape index (κ3) is 4.23. The van der Waals surface area contributed by atoms with Gasteiger partial charge >= 0.3 is 0 Å². The normalized spacial score (nSPS) is 20.7. The fourth-order valence-electron chi connectivity index (χ4n) is 2.26. The Balaban J connectivity index is 2.07. The third-order valence-corrected chi connectivity index (χ3v) is 4.98. The summed E-state index contributed by atoms with van der Waals surface area (Å²) < 4.78 is 13.8. The molecule has 1 aliphatic heterocycles. The van der Waals surface area contributed by atoms with Gasteiger partial charge in [-0.25, -0.2) is 4.39 Å². The molecule has 0 radical (unpaired) electrons. The molecule has 2 rings (SSSR count). The summed E-state index contributed by atoms with van der Waals surface area (Å²) in [6.45, 7) is 2.38. The van der Waals surface area contributed by atoms with Gasteiger partial charge < -0.3 is 10.4 Å². The molecule has 1 saturated heterocycles. The van der Waals surface area contributed by atoms with Crippen molar-refractivity contribution < 1.29 is 14.3 Å². The summed E-state index contributed by atoms with van der Waals surface area (Å²) >= 11 is 1.84. The lowest BCUT2D eigenvalue weighted by Crippen LogP contribution is -2.37. The predicted octanol–water partition coefficient (Wildman–Crippen LogP) is 2.19. The first kappa shape index (κ1) is 15.9. The predicted molar refractivity (Wildman–Crippen MR) is 82.8 cm³/mol. The van der Waals surface area contributed by atoms with E-state index < -0.39 is 11.7 Å². The van der Waals surface area contributed by atoms with Crippen molar-refractivity contribution in [2.45, 2.75) is 24.5 Å². The smallest absolute Gasteiger partial charge is 0.254 e. The van der Waals surface area contributed by atoms with Crippen molar-refractivity contribution in [2.24, 2.45) is 0 Å². The molecule has 0 aromatic heterocycles. The van der Waals surface area contributed by atoms with Gasteiger partial charge in [0.2, 0.25) is 0 Å². The van der Waals surface area contributed by atoms with Gasteiger partial charge in [-0.05, 0) is 43.7 Å². The van der Waals surface area contributed by atoms with Gasteiger partial charge in [0, 0.05) is 16.9 Å². The Morgan fingerprint density at radius 1 is 1.57 bits per heavy atom. The maximum Gasteiger partial charge on any atom is 0.254 e. The first-order valence-corrected chi connectivity index (χ1v) is 7.84. The monoisotopic (exact) mass is 307 g/mol. The van der Waals surface area contributed by atoms with E-state index in [2.05, 4.69) is 24.1 Å². The quantitative estimate of drug-likeness (QED) is 0.842. The molecule has 1 fully saturated rings. The van der Waals surface area contributed by atoms with E-state index in [4.69, 9.17) is 5.11 Å². The van der Waals surface area contributed by atoms with Gasteiger partial charge in [-0.3, -0.25) is 4.79 Å². The van der Waals surface area contributed by atoms with Crippen LogP contribution >= 0.6 is 11.8 Å². The Kier molecular flexibility index (Phi) is 5.27. The van der Waals surface area contributed by atoms with Gasteiger partial charge in [0.1, 0.15) is 12.4 Å². The zero-order valence-corrected chi connectivity index (χ0v) is 12.7. The zero-order chi connectivity index (χ0) is 15.3. The van der Waals surface area contributed by atoms with Gasteiger partial charge in [-0.2, -0.15) is 11.8 Å². The van der Waals surface area contributed by atoms with E-state index in [-0.39, 0.29) is 16.9 Å². The number of rotatable bonds is 3. The summed E-state index contributed by atoms with van der Waals surface area (Å²) in [6.07, 6.45) is 2.21. The number of thioether (sulfide) groups is 1. The minimum absolute atomic E-state index is 0.00802. The van der Waals surface area contributed by atoms with Crippen LogP contribution in [0.25, 0.3) is 0 Å². The van der Waals surface area contributed by atoms with Gasteiger partial charge in [-0.15, -0.1) is 0 Å². The summed E-state index contributed by atoms with van der Waals surface area (Å²) in [5.41, 5.74) is 0.503. The maximum absolute atomic E-state index is 13.8. The Hall–Kier alpha value is -1.51. The fourth-order valence-corrected chi connectivity index (χ4v) is 3.50. The second kappa shape index (κ2) is 6.97. The molecule has 3 nitrogen and oxygen atoms in total. The van der Waals surface area contributed by atoms with Crippen LogP contribution in [0.1, 0.15) is 35.7 Å². The Morgan fingerprint density at radius 2 is 2.38 bits per heavy atom. The Labute approximate surface area is 128 Å². The molecule has 0 bridgehead atoms. The Morgan fingerprint density at radius 3 is 3.05 bits per heavy atom. The highest BCUT2D eigenvalue weighted by molar-refractivity contribution is 8.00. The van der Waals surface area contributed by atoms with Crippen LogP contribution in [0, 0.1) is 17.7 Å². The molecule has 1 amide bonds.